The third kappa shape index (κ3) is 3.64. The predicted octanol–water partition coefficient (Wildman–Crippen LogP) is 1.83. The molecule has 8 heteroatoms. The van der Waals surface area contributed by atoms with E-state index in [0.29, 0.717) is 12.1 Å². The quantitative estimate of drug-likeness (QED) is 0.841. The van der Waals surface area contributed by atoms with Crippen LogP contribution >= 0.6 is 0 Å². The number of benzene rings is 1. The van der Waals surface area contributed by atoms with Crippen LogP contribution in [0.4, 0.5) is 13.2 Å². The summed E-state index contributed by atoms with van der Waals surface area (Å²) < 4.78 is 39.4. The van der Waals surface area contributed by atoms with Gasteiger partial charge >= 0.3 is 0 Å². The van der Waals surface area contributed by atoms with Gasteiger partial charge in [0.2, 0.25) is 0 Å². The Balaban J connectivity index is 2.21. The summed E-state index contributed by atoms with van der Waals surface area (Å²) in [6.07, 6.45) is 1.18. The Labute approximate surface area is 129 Å². The van der Waals surface area contributed by atoms with E-state index in [1.165, 1.54) is 18.3 Å². The van der Waals surface area contributed by atoms with Gasteiger partial charge in [-0.25, -0.2) is 18.2 Å². The van der Waals surface area contributed by atoms with Gasteiger partial charge in [-0.3, -0.25) is 4.79 Å². The topological polar surface area (TPSA) is 86.0 Å². The number of halogens is 3. The molecular weight excluding hydrogens is 311 g/mol. The number of carbonyl (C=O) groups is 1. The summed E-state index contributed by atoms with van der Waals surface area (Å²) in [5.74, 6) is -5.21. The molecular formula is C15H10F3N3O2. The fourth-order valence-electron chi connectivity index (χ4n) is 1.84. The first-order valence-corrected chi connectivity index (χ1v) is 6.38. The van der Waals surface area contributed by atoms with Crippen molar-refractivity contribution in [3.8, 4) is 6.07 Å². The maximum absolute atomic E-state index is 13.2. The molecule has 118 valence electrons. The number of hydrogen-bond donors (Lipinski definition) is 2. The molecule has 0 aliphatic rings. The summed E-state index contributed by atoms with van der Waals surface area (Å²) >= 11 is 0. The van der Waals surface area contributed by atoms with Crippen LogP contribution in [-0.2, 0) is 0 Å². The van der Waals surface area contributed by atoms with Crippen molar-refractivity contribution in [3.63, 3.8) is 0 Å². The van der Waals surface area contributed by atoms with Crippen molar-refractivity contribution in [2.45, 2.75) is 6.04 Å². The first kappa shape index (κ1) is 16.5. The zero-order chi connectivity index (χ0) is 17.0. The number of aliphatic hydroxyl groups excluding tert-OH is 1. The van der Waals surface area contributed by atoms with E-state index in [2.05, 4.69) is 10.3 Å². The number of aromatic nitrogens is 1. The van der Waals surface area contributed by atoms with E-state index in [-0.39, 0.29) is 16.8 Å². The Morgan fingerprint density at radius 2 is 1.96 bits per heavy atom. The molecule has 1 heterocycles. The number of amides is 1. The van der Waals surface area contributed by atoms with Gasteiger partial charge in [0, 0.05) is 6.20 Å². The third-order valence-electron chi connectivity index (χ3n) is 3.02. The zero-order valence-electron chi connectivity index (χ0n) is 11.6. The molecule has 23 heavy (non-hydrogen) atoms. The molecule has 0 spiro atoms. The first-order chi connectivity index (χ1) is 11.0. The Morgan fingerprint density at radius 1 is 1.30 bits per heavy atom. The van der Waals surface area contributed by atoms with E-state index in [1.807, 2.05) is 6.07 Å². The smallest absolute Gasteiger partial charge is 0.270 e. The summed E-state index contributed by atoms with van der Waals surface area (Å²) in [6, 6.07) is 4.71. The van der Waals surface area contributed by atoms with Crippen molar-refractivity contribution < 1.29 is 23.1 Å². The van der Waals surface area contributed by atoms with E-state index in [1.54, 1.807) is 0 Å². The van der Waals surface area contributed by atoms with Gasteiger partial charge < -0.3 is 10.4 Å². The van der Waals surface area contributed by atoms with Crippen LogP contribution in [0.1, 0.15) is 27.7 Å². The largest absolute Gasteiger partial charge is 0.394 e. The summed E-state index contributed by atoms with van der Waals surface area (Å²) in [5, 5.41) is 20.3. The number of nitrogens with zero attached hydrogens (tertiary/aromatic N) is 2. The number of nitriles is 1. The maximum Gasteiger partial charge on any atom is 0.270 e. The number of aliphatic hydroxyl groups is 1. The summed E-state index contributed by atoms with van der Waals surface area (Å²) in [4.78, 5) is 15.7. The molecule has 1 aromatic carbocycles. The van der Waals surface area contributed by atoms with E-state index in [9.17, 15) is 23.1 Å². The van der Waals surface area contributed by atoms with Gasteiger partial charge in [-0.05, 0) is 29.8 Å². The lowest BCUT2D eigenvalue weighted by atomic mass is 10.1. The average Bonchev–Trinajstić information content (AvgIpc) is 2.57. The highest BCUT2D eigenvalue weighted by Gasteiger charge is 2.20. The molecule has 5 nitrogen and oxygen atoms in total. The molecule has 1 aromatic heterocycles. The Hall–Kier alpha value is -2.92. The highest BCUT2D eigenvalue weighted by Crippen LogP contribution is 2.19. The minimum Gasteiger partial charge on any atom is -0.394 e. The SMILES string of the molecule is N#Cc1ccc(C(=O)NC(CO)c2cc(F)c(F)c(F)c2)nc1. The molecule has 0 aliphatic heterocycles. The van der Waals surface area contributed by atoms with E-state index in [0.717, 1.165) is 0 Å². The van der Waals surface area contributed by atoms with E-state index < -0.39 is 36.0 Å². The van der Waals surface area contributed by atoms with Crippen LogP contribution in [0.2, 0.25) is 0 Å². The molecule has 1 unspecified atom stereocenters. The highest BCUT2D eigenvalue weighted by atomic mass is 19.2. The molecule has 0 radical (unpaired) electrons. The fourth-order valence-corrected chi connectivity index (χ4v) is 1.84. The monoisotopic (exact) mass is 321 g/mol. The summed E-state index contributed by atoms with van der Waals surface area (Å²) in [7, 11) is 0. The lowest BCUT2D eigenvalue weighted by Crippen LogP contribution is -2.31. The van der Waals surface area contributed by atoms with Gasteiger partial charge in [-0.2, -0.15) is 5.26 Å². The van der Waals surface area contributed by atoms with Gasteiger partial charge in [0.25, 0.3) is 5.91 Å². The average molecular weight is 321 g/mol. The molecule has 2 N–H and O–H groups in total. The lowest BCUT2D eigenvalue weighted by Gasteiger charge is -2.17. The van der Waals surface area contributed by atoms with Gasteiger partial charge in [0.05, 0.1) is 18.2 Å². The first-order valence-electron chi connectivity index (χ1n) is 6.38. The van der Waals surface area contributed by atoms with Crippen LogP contribution < -0.4 is 5.32 Å². The van der Waals surface area contributed by atoms with Crippen LogP contribution in [0, 0.1) is 28.8 Å². The number of hydrogen-bond acceptors (Lipinski definition) is 4. The van der Waals surface area contributed by atoms with Crippen molar-refractivity contribution in [2.75, 3.05) is 6.61 Å². The maximum atomic E-state index is 13.2. The molecule has 2 rings (SSSR count). The van der Waals surface area contributed by atoms with Gasteiger partial charge in [-0.1, -0.05) is 0 Å². The number of nitrogens with one attached hydrogen (secondary N) is 1. The van der Waals surface area contributed by atoms with Crippen LogP contribution in [0.5, 0.6) is 0 Å². The van der Waals surface area contributed by atoms with Crippen molar-refractivity contribution in [3.05, 3.63) is 64.7 Å². The van der Waals surface area contributed by atoms with Crippen LogP contribution in [-0.4, -0.2) is 22.6 Å². The molecule has 0 aliphatic carbocycles. The van der Waals surface area contributed by atoms with Crippen LogP contribution in [0.25, 0.3) is 0 Å². The van der Waals surface area contributed by atoms with Gasteiger partial charge in [0.15, 0.2) is 17.5 Å². The van der Waals surface area contributed by atoms with Crippen molar-refractivity contribution >= 4 is 5.91 Å². The zero-order valence-corrected chi connectivity index (χ0v) is 11.6. The molecule has 1 atom stereocenters. The Kier molecular flexibility index (Phi) is 4.93. The molecule has 0 saturated heterocycles. The minimum atomic E-state index is -1.63. The molecule has 0 saturated carbocycles. The fraction of sp³-hybridized carbons (Fsp3) is 0.133. The van der Waals surface area contributed by atoms with Crippen LogP contribution in [0.15, 0.2) is 30.5 Å². The number of pyridine rings is 1. The molecule has 1 amide bonds. The second kappa shape index (κ2) is 6.89. The van der Waals surface area contributed by atoms with Gasteiger partial charge in [0.1, 0.15) is 11.8 Å². The second-order valence-electron chi connectivity index (χ2n) is 4.55. The summed E-state index contributed by atoms with van der Waals surface area (Å²) in [5.41, 5.74) is 0.0688. The molecule has 0 fully saturated rings. The number of rotatable bonds is 4. The van der Waals surface area contributed by atoms with E-state index >= 15 is 0 Å². The standard InChI is InChI=1S/C15H10F3N3O2/c16-10-3-9(4-11(17)14(10)18)13(7-22)21-15(23)12-2-1-8(5-19)6-20-12/h1-4,6,13,22H,7H2,(H,21,23). The van der Waals surface area contributed by atoms with Crippen LogP contribution in [0.3, 0.4) is 0 Å². The predicted molar refractivity (Wildman–Crippen MR) is 72.6 cm³/mol. The minimum absolute atomic E-state index is 0.0505. The van der Waals surface area contributed by atoms with Crippen molar-refractivity contribution in [2.24, 2.45) is 0 Å². The second-order valence-corrected chi connectivity index (χ2v) is 4.55. The molecule has 0 bridgehead atoms. The lowest BCUT2D eigenvalue weighted by molar-refractivity contribution is 0.0911. The normalized spacial score (nSPS) is 11.6. The Bertz CT molecular complexity index is 750. The highest BCUT2D eigenvalue weighted by molar-refractivity contribution is 5.92. The Morgan fingerprint density at radius 3 is 2.43 bits per heavy atom. The third-order valence-corrected chi connectivity index (χ3v) is 3.02. The molecule has 2 aromatic rings. The summed E-state index contributed by atoms with van der Waals surface area (Å²) in [6.45, 7) is -0.660. The number of carbonyl (C=O) groups excluding carboxylic acids is 1. The van der Waals surface area contributed by atoms with Gasteiger partial charge in [-0.15, -0.1) is 0 Å². The van der Waals surface area contributed by atoms with Crippen molar-refractivity contribution in [1.29, 1.82) is 5.26 Å². The van der Waals surface area contributed by atoms with Crippen molar-refractivity contribution in [1.82, 2.24) is 10.3 Å². The van der Waals surface area contributed by atoms with E-state index in [4.69, 9.17) is 5.26 Å².